The van der Waals surface area contributed by atoms with Crippen LogP contribution in [-0.4, -0.2) is 30.6 Å². The van der Waals surface area contributed by atoms with Gasteiger partial charge in [0.05, 0.1) is 18.9 Å². The molecule has 0 aromatic heterocycles. The fourth-order valence-corrected chi connectivity index (χ4v) is 3.05. The number of carbonyl (C=O) groups is 2. The van der Waals surface area contributed by atoms with Gasteiger partial charge in [0.15, 0.2) is 0 Å². The lowest BCUT2D eigenvalue weighted by Crippen LogP contribution is -2.44. The summed E-state index contributed by atoms with van der Waals surface area (Å²) in [5.41, 5.74) is 0.00447. The number of hydrogen-bond donors (Lipinski definition) is 2. The van der Waals surface area contributed by atoms with Gasteiger partial charge in [-0.05, 0) is 18.9 Å². The predicted molar refractivity (Wildman–Crippen MR) is 82.9 cm³/mol. The van der Waals surface area contributed by atoms with Gasteiger partial charge in [-0.25, -0.2) is 0 Å². The van der Waals surface area contributed by atoms with Gasteiger partial charge in [-0.1, -0.05) is 37.5 Å². The van der Waals surface area contributed by atoms with Crippen LogP contribution < -0.4 is 10.1 Å². The van der Waals surface area contributed by atoms with Crippen LogP contribution in [-0.2, 0) is 16.0 Å². The molecule has 0 atom stereocenters. The SMILES string of the molecule is COc1ccccc1CC(=O)NCC1(C(=O)O)CCCCC1. The summed E-state index contributed by atoms with van der Waals surface area (Å²) in [6.07, 6.45) is 4.36. The van der Waals surface area contributed by atoms with Crippen LogP contribution >= 0.6 is 0 Å². The molecule has 2 N–H and O–H groups in total. The number of benzene rings is 1. The minimum atomic E-state index is -0.801. The zero-order chi connectivity index (χ0) is 16.0. The first-order valence-electron chi connectivity index (χ1n) is 7.69. The highest BCUT2D eigenvalue weighted by Gasteiger charge is 2.39. The molecule has 1 aromatic carbocycles. The largest absolute Gasteiger partial charge is 0.496 e. The van der Waals surface area contributed by atoms with Gasteiger partial charge in [-0.15, -0.1) is 0 Å². The Kier molecular flexibility index (Phi) is 5.41. The molecule has 0 saturated heterocycles. The van der Waals surface area contributed by atoms with Crippen molar-refractivity contribution in [3.05, 3.63) is 29.8 Å². The summed E-state index contributed by atoms with van der Waals surface area (Å²) in [4.78, 5) is 23.7. The third-order valence-electron chi connectivity index (χ3n) is 4.43. The molecule has 1 amide bonds. The summed E-state index contributed by atoms with van der Waals surface area (Å²) < 4.78 is 5.22. The second-order valence-electron chi connectivity index (χ2n) is 5.91. The minimum Gasteiger partial charge on any atom is -0.496 e. The Labute approximate surface area is 130 Å². The lowest BCUT2D eigenvalue weighted by molar-refractivity contribution is -0.151. The molecule has 1 aliphatic carbocycles. The van der Waals surface area contributed by atoms with Crippen molar-refractivity contribution in [2.24, 2.45) is 5.41 Å². The normalized spacial score (nSPS) is 16.8. The number of amides is 1. The van der Waals surface area contributed by atoms with Crippen molar-refractivity contribution < 1.29 is 19.4 Å². The highest BCUT2D eigenvalue weighted by atomic mass is 16.5. The quantitative estimate of drug-likeness (QED) is 0.846. The van der Waals surface area contributed by atoms with Crippen LogP contribution in [0.5, 0.6) is 5.75 Å². The molecule has 0 unspecified atom stereocenters. The number of carboxylic acid groups (broad SMARTS) is 1. The Hall–Kier alpha value is -2.04. The van der Waals surface area contributed by atoms with Gasteiger partial charge in [0.2, 0.25) is 5.91 Å². The van der Waals surface area contributed by atoms with E-state index in [2.05, 4.69) is 5.32 Å². The zero-order valence-corrected chi connectivity index (χ0v) is 12.9. The lowest BCUT2D eigenvalue weighted by atomic mass is 9.74. The Morgan fingerprint density at radius 2 is 1.91 bits per heavy atom. The average Bonchev–Trinajstić information content (AvgIpc) is 2.54. The maximum atomic E-state index is 12.1. The van der Waals surface area contributed by atoms with E-state index in [-0.39, 0.29) is 18.9 Å². The number of nitrogens with one attached hydrogen (secondary N) is 1. The maximum absolute atomic E-state index is 12.1. The maximum Gasteiger partial charge on any atom is 0.311 e. The summed E-state index contributed by atoms with van der Waals surface area (Å²) in [6.45, 7) is 0.205. The number of aliphatic carboxylic acids is 1. The number of ether oxygens (including phenoxy) is 1. The van der Waals surface area contributed by atoms with Gasteiger partial charge in [0.25, 0.3) is 0 Å². The van der Waals surface area contributed by atoms with Crippen molar-refractivity contribution in [1.82, 2.24) is 5.32 Å². The van der Waals surface area contributed by atoms with Crippen LogP contribution in [0.25, 0.3) is 0 Å². The standard InChI is InChI=1S/C17H23NO4/c1-22-14-8-4-3-7-13(14)11-15(19)18-12-17(16(20)21)9-5-2-6-10-17/h3-4,7-8H,2,5-6,9-12H2,1H3,(H,18,19)(H,20,21). The molecular formula is C17H23NO4. The molecule has 1 fully saturated rings. The van der Waals surface area contributed by atoms with E-state index >= 15 is 0 Å². The van der Waals surface area contributed by atoms with Crippen LogP contribution in [0.4, 0.5) is 0 Å². The Morgan fingerprint density at radius 3 is 2.55 bits per heavy atom. The van der Waals surface area contributed by atoms with E-state index in [9.17, 15) is 14.7 Å². The molecule has 22 heavy (non-hydrogen) atoms. The molecular weight excluding hydrogens is 282 g/mol. The van der Waals surface area contributed by atoms with E-state index in [1.165, 1.54) is 0 Å². The average molecular weight is 305 g/mol. The van der Waals surface area contributed by atoms with Gasteiger partial charge in [-0.3, -0.25) is 9.59 Å². The van der Waals surface area contributed by atoms with Crippen molar-refractivity contribution in [2.45, 2.75) is 38.5 Å². The first kappa shape index (κ1) is 16.3. The molecule has 1 aromatic rings. The van der Waals surface area contributed by atoms with Crippen molar-refractivity contribution in [1.29, 1.82) is 0 Å². The number of para-hydroxylation sites is 1. The number of methoxy groups -OCH3 is 1. The number of carboxylic acids is 1. The lowest BCUT2D eigenvalue weighted by Gasteiger charge is -2.33. The topological polar surface area (TPSA) is 75.6 Å². The molecule has 0 radical (unpaired) electrons. The molecule has 5 heteroatoms. The van der Waals surface area contributed by atoms with E-state index in [1.807, 2.05) is 24.3 Å². The Bertz CT molecular complexity index is 535. The summed E-state index contributed by atoms with van der Waals surface area (Å²) in [5.74, 6) is -0.302. The van der Waals surface area contributed by atoms with Crippen molar-refractivity contribution in [3.63, 3.8) is 0 Å². The van der Waals surface area contributed by atoms with Crippen LogP contribution in [0.1, 0.15) is 37.7 Å². The minimum absolute atomic E-state index is 0.171. The van der Waals surface area contributed by atoms with E-state index < -0.39 is 11.4 Å². The first-order chi connectivity index (χ1) is 10.6. The molecule has 1 aliphatic rings. The van der Waals surface area contributed by atoms with Crippen LogP contribution in [0, 0.1) is 5.41 Å². The van der Waals surface area contributed by atoms with Crippen molar-refractivity contribution >= 4 is 11.9 Å². The molecule has 5 nitrogen and oxygen atoms in total. The second kappa shape index (κ2) is 7.29. The van der Waals surface area contributed by atoms with Gasteiger partial charge >= 0.3 is 5.97 Å². The van der Waals surface area contributed by atoms with Gasteiger partial charge in [-0.2, -0.15) is 0 Å². The summed E-state index contributed by atoms with van der Waals surface area (Å²) in [6, 6.07) is 7.35. The summed E-state index contributed by atoms with van der Waals surface area (Å²) in [7, 11) is 1.57. The highest BCUT2D eigenvalue weighted by molar-refractivity contribution is 5.81. The van der Waals surface area contributed by atoms with Gasteiger partial charge < -0.3 is 15.2 Å². The molecule has 0 spiro atoms. The van der Waals surface area contributed by atoms with Gasteiger partial charge in [0, 0.05) is 12.1 Å². The second-order valence-corrected chi connectivity index (χ2v) is 5.91. The van der Waals surface area contributed by atoms with E-state index in [4.69, 9.17) is 4.74 Å². The van der Waals surface area contributed by atoms with Crippen molar-refractivity contribution in [2.75, 3.05) is 13.7 Å². The Balaban J connectivity index is 1.95. The van der Waals surface area contributed by atoms with E-state index in [0.717, 1.165) is 24.8 Å². The summed E-state index contributed by atoms with van der Waals surface area (Å²) in [5, 5.41) is 12.3. The molecule has 2 rings (SSSR count). The number of rotatable bonds is 6. The van der Waals surface area contributed by atoms with Crippen molar-refractivity contribution in [3.8, 4) is 5.75 Å². The third kappa shape index (κ3) is 3.78. The number of hydrogen-bond acceptors (Lipinski definition) is 3. The smallest absolute Gasteiger partial charge is 0.311 e. The Morgan fingerprint density at radius 1 is 1.23 bits per heavy atom. The molecule has 0 bridgehead atoms. The molecule has 120 valence electrons. The monoisotopic (exact) mass is 305 g/mol. The van der Waals surface area contributed by atoms with E-state index in [1.54, 1.807) is 7.11 Å². The fraction of sp³-hybridized carbons (Fsp3) is 0.529. The van der Waals surface area contributed by atoms with Crippen LogP contribution in [0.3, 0.4) is 0 Å². The first-order valence-corrected chi connectivity index (χ1v) is 7.69. The fourth-order valence-electron chi connectivity index (χ4n) is 3.05. The summed E-state index contributed by atoms with van der Waals surface area (Å²) >= 11 is 0. The predicted octanol–water partition coefficient (Wildman–Crippen LogP) is 2.39. The highest BCUT2D eigenvalue weighted by Crippen LogP contribution is 2.36. The van der Waals surface area contributed by atoms with Crippen LogP contribution in [0.2, 0.25) is 0 Å². The van der Waals surface area contributed by atoms with Gasteiger partial charge in [0.1, 0.15) is 5.75 Å². The molecule has 0 heterocycles. The third-order valence-corrected chi connectivity index (χ3v) is 4.43. The number of carbonyl (C=O) groups excluding carboxylic acids is 1. The molecule has 0 aliphatic heterocycles. The van der Waals surface area contributed by atoms with E-state index in [0.29, 0.717) is 18.6 Å². The zero-order valence-electron chi connectivity index (χ0n) is 12.9. The molecule has 1 saturated carbocycles. The van der Waals surface area contributed by atoms with Crippen LogP contribution in [0.15, 0.2) is 24.3 Å².